The van der Waals surface area contributed by atoms with Crippen LogP contribution in [0.2, 0.25) is 0 Å². The summed E-state index contributed by atoms with van der Waals surface area (Å²) < 4.78 is 84.7. The van der Waals surface area contributed by atoms with Crippen LogP contribution in [0.5, 0.6) is 0 Å². The largest absolute Gasteiger partial charge is 0.457 e. The second kappa shape index (κ2) is 8.80. The molecule has 2 saturated heterocycles. The van der Waals surface area contributed by atoms with E-state index >= 15 is 0 Å². The Balaban J connectivity index is 1.63. The van der Waals surface area contributed by atoms with Crippen LogP contribution in [-0.2, 0) is 17.1 Å². The van der Waals surface area contributed by atoms with Crippen LogP contribution >= 0.6 is 24.0 Å². The molecule has 4 nitrogen and oxygen atoms in total. The second-order valence-corrected chi connectivity index (χ2v) is 9.21. The Morgan fingerprint density at radius 1 is 1.03 bits per heavy atom. The molecule has 2 aliphatic rings. The Bertz CT molecular complexity index is 1080. The van der Waals surface area contributed by atoms with E-state index in [1.165, 1.54) is 18.2 Å². The van der Waals surface area contributed by atoms with Gasteiger partial charge in [0.25, 0.3) is 5.91 Å². The molecule has 0 unspecified atom stereocenters. The van der Waals surface area contributed by atoms with Crippen LogP contribution in [-0.4, -0.2) is 34.3 Å². The number of hydrogen-bond donors (Lipinski definition) is 1. The van der Waals surface area contributed by atoms with E-state index in [0.717, 1.165) is 37.7 Å². The summed E-state index contributed by atoms with van der Waals surface area (Å²) in [5.41, 5.74) is -3.25. The van der Waals surface area contributed by atoms with Crippen molar-refractivity contribution in [3.05, 3.63) is 52.1 Å². The number of halogens is 6. The lowest BCUT2D eigenvalue weighted by atomic mass is 10.0. The molecule has 1 aromatic carbocycles. The number of nitrogens with one attached hydrogen (secondary N) is 1. The molecular weight excluding hydrogens is 490 g/mol. The monoisotopic (exact) mass is 506 g/mol. The number of amides is 1. The summed E-state index contributed by atoms with van der Waals surface area (Å²) in [6, 6.07) is 3.85. The van der Waals surface area contributed by atoms with E-state index in [-0.39, 0.29) is 40.0 Å². The predicted octanol–water partition coefficient (Wildman–Crippen LogP) is 5.94. The van der Waals surface area contributed by atoms with Gasteiger partial charge in [-0.2, -0.15) is 26.3 Å². The number of benzene rings is 1. The van der Waals surface area contributed by atoms with Crippen LogP contribution in [0.4, 0.5) is 26.3 Å². The number of carbonyl (C=O) groups is 1. The number of carbonyl (C=O) groups excluding carboxylic acids is 1. The zero-order valence-corrected chi connectivity index (χ0v) is 18.4. The summed E-state index contributed by atoms with van der Waals surface area (Å²) in [4.78, 5) is 14.7. The molecule has 4 rings (SSSR count). The van der Waals surface area contributed by atoms with Crippen LogP contribution in [0, 0.1) is 0 Å². The highest BCUT2D eigenvalue weighted by Crippen LogP contribution is 2.40. The molecule has 176 valence electrons. The minimum Gasteiger partial charge on any atom is -0.457 e. The number of nitrogens with zero attached hydrogens (tertiary/aromatic N) is 1. The normalized spacial score (nSPS) is 19.7. The highest BCUT2D eigenvalue weighted by molar-refractivity contribution is 8.26. The van der Waals surface area contributed by atoms with E-state index < -0.39 is 23.5 Å². The van der Waals surface area contributed by atoms with Gasteiger partial charge >= 0.3 is 12.4 Å². The predicted molar refractivity (Wildman–Crippen MR) is 115 cm³/mol. The fourth-order valence-corrected chi connectivity index (χ4v) is 5.05. The van der Waals surface area contributed by atoms with Crippen molar-refractivity contribution in [3.8, 4) is 11.3 Å². The van der Waals surface area contributed by atoms with Crippen molar-refractivity contribution in [3.63, 3.8) is 0 Å². The summed E-state index contributed by atoms with van der Waals surface area (Å²) in [5.74, 6) is -0.373. The highest BCUT2D eigenvalue weighted by Gasteiger charge is 2.38. The lowest BCUT2D eigenvalue weighted by molar-refractivity contribution is -0.143. The van der Waals surface area contributed by atoms with Crippen molar-refractivity contribution < 1.29 is 35.6 Å². The fourth-order valence-electron chi connectivity index (χ4n) is 3.67. The molecule has 2 aliphatic heterocycles. The maximum absolute atomic E-state index is 13.1. The van der Waals surface area contributed by atoms with Crippen LogP contribution in [0.15, 0.2) is 39.7 Å². The second-order valence-electron chi connectivity index (χ2n) is 7.53. The number of hydrogen-bond acceptors (Lipinski definition) is 5. The van der Waals surface area contributed by atoms with E-state index in [1.54, 1.807) is 4.90 Å². The molecule has 1 aromatic heterocycles. The molecule has 0 radical (unpaired) electrons. The average molecular weight is 506 g/mol. The molecule has 1 amide bonds. The van der Waals surface area contributed by atoms with Gasteiger partial charge in [-0.3, -0.25) is 9.69 Å². The van der Waals surface area contributed by atoms with E-state index in [4.69, 9.17) is 16.6 Å². The number of rotatable bonds is 3. The van der Waals surface area contributed by atoms with Gasteiger partial charge in [-0.15, -0.1) is 0 Å². The van der Waals surface area contributed by atoms with Crippen molar-refractivity contribution in [2.45, 2.75) is 31.2 Å². The van der Waals surface area contributed by atoms with E-state index in [9.17, 15) is 31.1 Å². The number of thioether (sulfide) groups is 1. The minimum atomic E-state index is -4.96. The first kappa shape index (κ1) is 23.8. The smallest absolute Gasteiger partial charge is 0.416 e. The third-order valence-electron chi connectivity index (χ3n) is 5.27. The van der Waals surface area contributed by atoms with E-state index in [2.05, 4.69) is 5.32 Å². The SMILES string of the molecule is O=C1C(=Cc2ccc(-c3cc(C(F)(F)F)cc(C(F)(F)F)c3)o2)SC(=S)N1C1CCNCC1. The van der Waals surface area contributed by atoms with E-state index in [0.29, 0.717) is 16.5 Å². The van der Waals surface area contributed by atoms with Crippen molar-refractivity contribution in [1.82, 2.24) is 10.2 Å². The molecule has 0 saturated carbocycles. The first-order chi connectivity index (χ1) is 15.4. The van der Waals surface area contributed by atoms with Gasteiger partial charge in [0.05, 0.1) is 16.0 Å². The molecule has 1 N–H and O–H groups in total. The first-order valence-electron chi connectivity index (χ1n) is 9.81. The van der Waals surface area contributed by atoms with Gasteiger partial charge in [0.1, 0.15) is 15.8 Å². The molecule has 3 heterocycles. The summed E-state index contributed by atoms with van der Waals surface area (Å²) in [7, 11) is 0. The average Bonchev–Trinajstić information content (AvgIpc) is 3.31. The van der Waals surface area contributed by atoms with Crippen LogP contribution in [0.1, 0.15) is 29.7 Å². The Hall–Kier alpha value is -2.31. The van der Waals surface area contributed by atoms with Crippen molar-refractivity contribution in [2.24, 2.45) is 0 Å². The number of furan rings is 1. The Kier molecular flexibility index (Phi) is 6.36. The first-order valence-corrected chi connectivity index (χ1v) is 11.0. The van der Waals surface area contributed by atoms with Crippen LogP contribution < -0.4 is 5.32 Å². The summed E-state index contributed by atoms with van der Waals surface area (Å²) in [6.45, 7) is 1.53. The topological polar surface area (TPSA) is 45.5 Å². The maximum Gasteiger partial charge on any atom is 0.416 e. The summed E-state index contributed by atoms with van der Waals surface area (Å²) in [6.07, 6.45) is -7.03. The third kappa shape index (κ3) is 5.12. The van der Waals surface area contributed by atoms with Crippen LogP contribution in [0.25, 0.3) is 17.4 Å². The molecule has 0 atom stereocenters. The standard InChI is InChI=1S/C21H16F6N2O2S2/c22-20(23,24)12-7-11(8-13(9-12)21(25,26)27)16-2-1-15(31-16)10-17-18(30)29(19(32)33-17)14-3-5-28-6-4-14/h1-2,7-10,14,28H,3-6H2. The van der Waals surface area contributed by atoms with Gasteiger partial charge < -0.3 is 9.73 Å². The van der Waals surface area contributed by atoms with Gasteiger partial charge in [-0.1, -0.05) is 24.0 Å². The lowest BCUT2D eigenvalue weighted by Gasteiger charge is -2.30. The number of thiocarbonyl (C=S) groups is 1. The van der Waals surface area contributed by atoms with Crippen molar-refractivity contribution in [1.29, 1.82) is 0 Å². The maximum atomic E-state index is 13.1. The number of piperidine rings is 1. The number of alkyl halides is 6. The molecule has 12 heteroatoms. The van der Waals surface area contributed by atoms with Gasteiger partial charge in [-0.25, -0.2) is 0 Å². The van der Waals surface area contributed by atoms with E-state index in [1.807, 2.05) is 0 Å². The molecule has 0 spiro atoms. The molecular formula is C21H16F6N2O2S2. The van der Waals surface area contributed by atoms with Gasteiger partial charge in [0, 0.05) is 17.7 Å². The van der Waals surface area contributed by atoms with Gasteiger partial charge in [-0.05, 0) is 56.3 Å². The molecule has 2 aromatic rings. The minimum absolute atomic E-state index is 0.0253. The quantitative estimate of drug-likeness (QED) is 0.317. The lowest BCUT2D eigenvalue weighted by Crippen LogP contribution is -2.45. The van der Waals surface area contributed by atoms with Crippen molar-refractivity contribution in [2.75, 3.05) is 13.1 Å². The zero-order chi connectivity index (χ0) is 24.0. The summed E-state index contributed by atoms with van der Waals surface area (Å²) in [5, 5.41) is 3.21. The fraction of sp³-hybridized carbons (Fsp3) is 0.333. The van der Waals surface area contributed by atoms with Crippen molar-refractivity contribution >= 4 is 40.3 Å². The van der Waals surface area contributed by atoms with Gasteiger partial charge in [0.2, 0.25) is 0 Å². The highest BCUT2D eigenvalue weighted by atomic mass is 32.2. The molecule has 0 aliphatic carbocycles. The van der Waals surface area contributed by atoms with Crippen LogP contribution in [0.3, 0.4) is 0 Å². The molecule has 2 fully saturated rings. The van der Waals surface area contributed by atoms with Gasteiger partial charge in [0.15, 0.2) is 0 Å². The Morgan fingerprint density at radius 3 is 2.21 bits per heavy atom. The Labute approximate surface area is 194 Å². The molecule has 33 heavy (non-hydrogen) atoms. The third-order valence-corrected chi connectivity index (χ3v) is 6.60. The zero-order valence-electron chi connectivity index (χ0n) is 16.7. The summed E-state index contributed by atoms with van der Waals surface area (Å²) >= 11 is 6.41. The Morgan fingerprint density at radius 2 is 1.64 bits per heavy atom. The molecule has 0 bridgehead atoms.